The molecule has 2 N–H and O–H groups in total. The number of carbonyl (C=O) groups is 3. The van der Waals surface area contributed by atoms with E-state index in [4.69, 9.17) is 9.84 Å². The Bertz CT molecular complexity index is 430. The first-order valence-corrected chi connectivity index (χ1v) is 7.48. The van der Waals surface area contributed by atoms with Crippen LogP contribution in [-0.2, 0) is 19.1 Å². The molecule has 0 aliphatic carbocycles. The fourth-order valence-electron chi connectivity index (χ4n) is 2.48. The van der Waals surface area contributed by atoms with Gasteiger partial charge >= 0.3 is 5.97 Å². The number of methoxy groups -OCH3 is 1. The van der Waals surface area contributed by atoms with E-state index in [0.29, 0.717) is 19.4 Å². The number of hydrogen-bond acceptors (Lipinski definition) is 4. The fourth-order valence-corrected chi connectivity index (χ4v) is 2.48. The van der Waals surface area contributed by atoms with E-state index in [9.17, 15) is 14.4 Å². The van der Waals surface area contributed by atoms with Crippen LogP contribution < -0.4 is 5.32 Å². The average molecular weight is 314 g/mol. The number of hydrogen-bond donors (Lipinski definition) is 2. The highest BCUT2D eigenvalue weighted by atomic mass is 16.5. The van der Waals surface area contributed by atoms with Gasteiger partial charge in [-0.05, 0) is 18.3 Å². The predicted molar refractivity (Wildman–Crippen MR) is 80.2 cm³/mol. The molecule has 2 unspecified atom stereocenters. The number of nitrogens with zero attached hydrogens (tertiary/aromatic N) is 1. The lowest BCUT2D eigenvalue weighted by molar-refractivity contribution is -0.149. The molecular weight excluding hydrogens is 288 g/mol. The number of ether oxygens (including phenoxy) is 1. The fraction of sp³-hybridized carbons (Fsp3) is 0.800. The summed E-state index contributed by atoms with van der Waals surface area (Å²) in [5.41, 5.74) is -0.134. The summed E-state index contributed by atoms with van der Waals surface area (Å²) < 4.78 is 4.77. The molecule has 2 atom stereocenters. The van der Waals surface area contributed by atoms with Crippen molar-refractivity contribution in [1.29, 1.82) is 0 Å². The number of aliphatic carboxylic acids is 1. The van der Waals surface area contributed by atoms with Gasteiger partial charge in [-0.3, -0.25) is 9.59 Å². The van der Waals surface area contributed by atoms with Crippen LogP contribution in [-0.4, -0.2) is 60.1 Å². The smallest absolute Gasteiger partial charge is 0.334 e. The van der Waals surface area contributed by atoms with Crippen molar-refractivity contribution in [2.24, 2.45) is 5.41 Å². The maximum Gasteiger partial charge on any atom is 0.334 e. The van der Waals surface area contributed by atoms with Gasteiger partial charge in [-0.25, -0.2) is 4.79 Å². The molecule has 1 aliphatic heterocycles. The third kappa shape index (κ3) is 5.29. The molecule has 1 aliphatic rings. The van der Waals surface area contributed by atoms with Crippen molar-refractivity contribution in [3.8, 4) is 0 Å². The first-order chi connectivity index (χ1) is 10.2. The molecule has 2 amide bonds. The van der Waals surface area contributed by atoms with Gasteiger partial charge in [0.1, 0.15) is 6.04 Å². The van der Waals surface area contributed by atoms with Crippen molar-refractivity contribution >= 4 is 17.8 Å². The number of nitrogens with one attached hydrogen (secondary N) is 1. The van der Waals surface area contributed by atoms with E-state index in [0.717, 1.165) is 6.42 Å². The molecule has 126 valence electrons. The first-order valence-electron chi connectivity index (χ1n) is 7.48. The highest BCUT2D eigenvalue weighted by Crippen LogP contribution is 2.24. The standard InChI is InChI=1S/C15H26N2O5/c1-15(2,3)8-12(18)17-7-5-6-10(17)13(19)16-9-11(22-4)14(20)21/h10-11H,5-9H2,1-4H3,(H,16,19)(H,20,21). The molecule has 0 radical (unpaired) electrons. The molecular formula is C15H26N2O5. The van der Waals surface area contributed by atoms with Crippen molar-refractivity contribution < 1.29 is 24.2 Å². The molecule has 7 heteroatoms. The minimum absolute atomic E-state index is 0.0355. The Morgan fingerprint density at radius 1 is 1.36 bits per heavy atom. The van der Waals surface area contributed by atoms with E-state index in [1.54, 1.807) is 4.90 Å². The normalized spacial score (nSPS) is 19.8. The van der Waals surface area contributed by atoms with Gasteiger partial charge in [0.25, 0.3) is 0 Å². The number of carboxylic acid groups (broad SMARTS) is 1. The maximum absolute atomic E-state index is 12.3. The van der Waals surface area contributed by atoms with Crippen molar-refractivity contribution in [2.75, 3.05) is 20.2 Å². The van der Waals surface area contributed by atoms with E-state index in [1.165, 1.54) is 7.11 Å². The Hall–Kier alpha value is -1.63. The average Bonchev–Trinajstić information content (AvgIpc) is 2.86. The number of carbonyl (C=O) groups excluding carboxylic acids is 2. The molecule has 1 rings (SSSR count). The summed E-state index contributed by atoms with van der Waals surface area (Å²) in [6.45, 7) is 6.40. The van der Waals surface area contributed by atoms with E-state index < -0.39 is 18.1 Å². The molecule has 0 aromatic heterocycles. The lowest BCUT2D eigenvalue weighted by Crippen LogP contribution is -2.49. The molecule has 1 heterocycles. The van der Waals surface area contributed by atoms with Crippen molar-refractivity contribution in [3.05, 3.63) is 0 Å². The van der Waals surface area contributed by atoms with E-state index in [1.807, 2.05) is 20.8 Å². The monoisotopic (exact) mass is 314 g/mol. The summed E-state index contributed by atoms with van der Waals surface area (Å²) in [4.78, 5) is 37.0. The van der Waals surface area contributed by atoms with Crippen LogP contribution in [0.15, 0.2) is 0 Å². The number of amides is 2. The molecule has 1 fully saturated rings. The van der Waals surface area contributed by atoms with Crippen LogP contribution in [0, 0.1) is 5.41 Å². The predicted octanol–water partition coefficient (Wildman–Crippen LogP) is 0.629. The highest BCUT2D eigenvalue weighted by Gasteiger charge is 2.35. The van der Waals surface area contributed by atoms with Gasteiger partial charge in [0.05, 0.1) is 6.54 Å². The van der Waals surface area contributed by atoms with Gasteiger partial charge in [-0.1, -0.05) is 20.8 Å². The summed E-state index contributed by atoms with van der Waals surface area (Å²) in [5.74, 6) is -1.48. The quantitative estimate of drug-likeness (QED) is 0.749. The van der Waals surface area contributed by atoms with Crippen LogP contribution in [0.2, 0.25) is 0 Å². The molecule has 0 saturated carbocycles. The van der Waals surface area contributed by atoms with Crippen LogP contribution >= 0.6 is 0 Å². The minimum atomic E-state index is -1.13. The SMILES string of the molecule is COC(CNC(=O)C1CCCN1C(=O)CC(C)(C)C)C(=O)O. The lowest BCUT2D eigenvalue weighted by Gasteiger charge is -2.27. The zero-order valence-corrected chi connectivity index (χ0v) is 13.7. The molecule has 0 bridgehead atoms. The van der Waals surface area contributed by atoms with Crippen molar-refractivity contribution in [1.82, 2.24) is 10.2 Å². The third-order valence-corrected chi connectivity index (χ3v) is 3.58. The Balaban J connectivity index is 2.60. The largest absolute Gasteiger partial charge is 0.479 e. The summed E-state index contributed by atoms with van der Waals surface area (Å²) >= 11 is 0. The second-order valence-corrected chi connectivity index (χ2v) is 6.79. The minimum Gasteiger partial charge on any atom is -0.479 e. The topological polar surface area (TPSA) is 95.9 Å². The van der Waals surface area contributed by atoms with Gasteiger partial charge < -0.3 is 20.1 Å². The van der Waals surface area contributed by atoms with Crippen LogP contribution in [0.3, 0.4) is 0 Å². The third-order valence-electron chi connectivity index (χ3n) is 3.58. The summed E-state index contributed by atoms with van der Waals surface area (Å²) in [5, 5.41) is 11.4. The summed E-state index contributed by atoms with van der Waals surface area (Å²) in [7, 11) is 1.28. The van der Waals surface area contributed by atoms with E-state index in [2.05, 4.69) is 5.32 Å². The molecule has 0 aromatic carbocycles. The number of likely N-dealkylation sites (tertiary alicyclic amines) is 1. The Morgan fingerprint density at radius 2 is 2.00 bits per heavy atom. The van der Waals surface area contributed by atoms with Gasteiger partial charge in [0.15, 0.2) is 6.10 Å². The molecule has 0 spiro atoms. The highest BCUT2D eigenvalue weighted by molar-refractivity contribution is 5.88. The Morgan fingerprint density at radius 3 is 2.50 bits per heavy atom. The second-order valence-electron chi connectivity index (χ2n) is 6.79. The second kappa shape index (κ2) is 7.58. The maximum atomic E-state index is 12.3. The Kier molecular flexibility index (Phi) is 6.34. The molecule has 0 aromatic rings. The van der Waals surface area contributed by atoms with Crippen LogP contribution in [0.5, 0.6) is 0 Å². The van der Waals surface area contributed by atoms with Gasteiger partial charge in [0.2, 0.25) is 11.8 Å². The van der Waals surface area contributed by atoms with Gasteiger partial charge in [-0.2, -0.15) is 0 Å². The van der Waals surface area contributed by atoms with Gasteiger partial charge in [0, 0.05) is 20.1 Å². The van der Waals surface area contributed by atoms with Crippen molar-refractivity contribution in [3.63, 3.8) is 0 Å². The number of rotatable bonds is 6. The van der Waals surface area contributed by atoms with Gasteiger partial charge in [-0.15, -0.1) is 0 Å². The summed E-state index contributed by atoms with van der Waals surface area (Å²) in [6.07, 6.45) is 0.684. The molecule has 7 nitrogen and oxygen atoms in total. The van der Waals surface area contributed by atoms with Crippen LogP contribution in [0.1, 0.15) is 40.0 Å². The molecule has 22 heavy (non-hydrogen) atoms. The summed E-state index contributed by atoms with van der Waals surface area (Å²) in [6, 6.07) is -0.513. The van der Waals surface area contributed by atoms with Crippen LogP contribution in [0.25, 0.3) is 0 Å². The number of carboxylic acids is 1. The lowest BCUT2D eigenvalue weighted by atomic mass is 9.91. The van der Waals surface area contributed by atoms with Crippen LogP contribution in [0.4, 0.5) is 0 Å². The van der Waals surface area contributed by atoms with E-state index >= 15 is 0 Å². The first kappa shape index (κ1) is 18.4. The Labute approximate surface area is 131 Å². The van der Waals surface area contributed by atoms with E-state index in [-0.39, 0.29) is 23.8 Å². The van der Waals surface area contributed by atoms with Crippen molar-refractivity contribution in [2.45, 2.75) is 52.2 Å². The zero-order chi connectivity index (χ0) is 16.9. The zero-order valence-electron chi connectivity index (χ0n) is 13.7. The molecule has 1 saturated heterocycles.